The van der Waals surface area contributed by atoms with E-state index >= 15 is 0 Å². The lowest BCUT2D eigenvalue weighted by atomic mass is 9.78. The summed E-state index contributed by atoms with van der Waals surface area (Å²) in [6.07, 6.45) is 4.83. The molecule has 5 rings (SSSR count). The van der Waals surface area contributed by atoms with E-state index in [1.807, 2.05) is 37.8 Å². The van der Waals surface area contributed by atoms with Crippen LogP contribution in [0, 0.1) is 17.8 Å². The van der Waals surface area contributed by atoms with Crippen LogP contribution in [0.25, 0.3) is 10.4 Å². The van der Waals surface area contributed by atoms with E-state index in [-0.39, 0.29) is 48.4 Å². The SMILES string of the molecule is CC(C)(C)OC(=O)N(C1CCC(N=[N+]=[N-])CC1)[C@H]1C[C@@H](C#Cc2ccc3c(c2)CN(C2CCC(=O)NC2=O)C3=O)C1. The molecular weight excluding hydrogens is 524 g/mol. The number of nitrogens with one attached hydrogen (secondary N) is 1. The van der Waals surface area contributed by atoms with Crippen molar-refractivity contribution in [3.05, 3.63) is 45.3 Å². The van der Waals surface area contributed by atoms with Gasteiger partial charge in [0.05, 0.1) is 0 Å². The number of ether oxygens (including phenoxy) is 1. The third kappa shape index (κ3) is 6.33. The summed E-state index contributed by atoms with van der Waals surface area (Å²) in [6.45, 7) is 5.91. The van der Waals surface area contributed by atoms with E-state index in [0.717, 1.165) is 49.7 Å². The Balaban J connectivity index is 1.22. The van der Waals surface area contributed by atoms with Crippen LogP contribution in [0.4, 0.5) is 4.79 Å². The maximum atomic E-state index is 13.2. The fraction of sp³-hybridized carbons (Fsp3) is 0.600. The first-order chi connectivity index (χ1) is 19.5. The number of piperidine rings is 1. The van der Waals surface area contributed by atoms with Gasteiger partial charge in [-0.2, -0.15) is 0 Å². The molecule has 2 aliphatic carbocycles. The molecule has 1 saturated heterocycles. The first kappa shape index (κ1) is 28.5. The van der Waals surface area contributed by atoms with Crippen molar-refractivity contribution in [3.8, 4) is 11.8 Å². The van der Waals surface area contributed by atoms with Crippen molar-refractivity contribution >= 4 is 23.8 Å². The van der Waals surface area contributed by atoms with Crippen LogP contribution >= 0.6 is 0 Å². The number of carbonyl (C=O) groups is 4. The van der Waals surface area contributed by atoms with Crippen LogP contribution in [-0.2, 0) is 20.9 Å². The van der Waals surface area contributed by atoms with Crippen LogP contribution in [0.2, 0.25) is 0 Å². The zero-order valence-corrected chi connectivity index (χ0v) is 23.8. The van der Waals surface area contributed by atoms with Gasteiger partial charge in [-0.05, 0) is 95.0 Å². The predicted molar refractivity (Wildman–Crippen MR) is 149 cm³/mol. The lowest BCUT2D eigenvalue weighted by Crippen LogP contribution is -2.54. The molecule has 2 saturated carbocycles. The summed E-state index contributed by atoms with van der Waals surface area (Å²) >= 11 is 0. The van der Waals surface area contributed by atoms with Crippen molar-refractivity contribution in [2.75, 3.05) is 0 Å². The molecule has 2 aliphatic heterocycles. The highest BCUT2D eigenvalue weighted by atomic mass is 16.6. The second-order valence-corrected chi connectivity index (χ2v) is 12.4. The van der Waals surface area contributed by atoms with E-state index in [0.29, 0.717) is 18.5 Å². The maximum Gasteiger partial charge on any atom is 0.410 e. The van der Waals surface area contributed by atoms with Crippen molar-refractivity contribution in [2.45, 2.75) is 108 Å². The Morgan fingerprint density at radius 2 is 1.85 bits per heavy atom. The molecule has 41 heavy (non-hydrogen) atoms. The van der Waals surface area contributed by atoms with Crippen LogP contribution < -0.4 is 5.32 Å². The molecule has 4 aliphatic rings. The molecule has 0 radical (unpaired) electrons. The maximum absolute atomic E-state index is 13.2. The molecule has 216 valence electrons. The summed E-state index contributed by atoms with van der Waals surface area (Å²) in [6, 6.07) is 4.92. The fourth-order valence-corrected chi connectivity index (χ4v) is 6.21. The third-order valence-corrected chi connectivity index (χ3v) is 8.33. The number of hydrogen-bond acceptors (Lipinski definition) is 6. The normalized spacial score (nSPS) is 27.4. The second kappa shape index (κ2) is 11.5. The Morgan fingerprint density at radius 1 is 1.12 bits per heavy atom. The van der Waals surface area contributed by atoms with Crippen molar-refractivity contribution in [1.82, 2.24) is 15.1 Å². The Morgan fingerprint density at radius 3 is 2.51 bits per heavy atom. The molecule has 0 bridgehead atoms. The van der Waals surface area contributed by atoms with Crippen molar-refractivity contribution in [3.63, 3.8) is 0 Å². The minimum atomic E-state index is -0.643. The number of imide groups is 1. The number of hydrogen-bond donors (Lipinski definition) is 1. The van der Waals surface area contributed by atoms with E-state index < -0.39 is 17.6 Å². The van der Waals surface area contributed by atoms with Crippen molar-refractivity contribution in [1.29, 1.82) is 0 Å². The van der Waals surface area contributed by atoms with Gasteiger partial charge < -0.3 is 14.5 Å². The van der Waals surface area contributed by atoms with Gasteiger partial charge in [0.1, 0.15) is 11.6 Å². The second-order valence-electron chi connectivity index (χ2n) is 12.4. The molecule has 1 aromatic rings. The van der Waals surface area contributed by atoms with Crippen molar-refractivity contribution < 1.29 is 23.9 Å². The van der Waals surface area contributed by atoms with Gasteiger partial charge in [0.15, 0.2) is 0 Å². The average Bonchev–Trinajstić information content (AvgIpc) is 3.20. The molecule has 0 aromatic heterocycles. The Kier molecular flexibility index (Phi) is 7.96. The van der Waals surface area contributed by atoms with Gasteiger partial charge in [-0.15, -0.1) is 0 Å². The molecular formula is C30H36N6O5. The summed E-state index contributed by atoms with van der Waals surface area (Å²) < 4.78 is 5.76. The number of benzene rings is 1. The number of carbonyl (C=O) groups excluding carboxylic acids is 4. The van der Waals surface area contributed by atoms with E-state index in [9.17, 15) is 19.2 Å². The number of azide groups is 1. The summed E-state index contributed by atoms with van der Waals surface area (Å²) in [4.78, 5) is 56.3. The Labute approximate surface area is 239 Å². The lowest BCUT2D eigenvalue weighted by Gasteiger charge is -2.46. The van der Waals surface area contributed by atoms with Crippen LogP contribution in [0.1, 0.15) is 93.6 Å². The first-order valence-corrected chi connectivity index (χ1v) is 14.4. The Bertz CT molecular complexity index is 1350. The summed E-state index contributed by atoms with van der Waals surface area (Å²) in [5.74, 6) is 5.78. The summed E-state index contributed by atoms with van der Waals surface area (Å²) in [7, 11) is 0. The molecule has 4 amide bonds. The Hall–Kier alpha value is -4.03. The predicted octanol–water partition coefficient (Wildman–Crippen LogP) is 4.44. The van der Waals surface area contributed by atoms with Gasteiger partial charge in [-0.3, -0.25) is 19.7 Å². The summed E-state index contributed by atoms with van der Waals surface area (Å²) in [5.41, 5.74) is 10.4. The first-order valence-electron chi connectivity index (χ1n) is 14.4. The largest absolute Gasteiger partial charge is 0.444 e. The highest BCUT2D eigenvalue weighted by Gasteiger charge is 2.42. The van der Waals surface area contributed by atoms with E-state index in [1.54, 1.807) is 6.07 Å². The molecule has 0 spiro atoms. The van der Waals surface area contributed by atoms with Crippen LogP contribution in [-0.4, -0.2) is 63.4 Å². The quantitative estimate of drug-likeness (QED) is 0.190. The number of nitrogens with zero attached hydrogens (tertiary/aromatic N) is 5. The van der Waals surface area contributed by atoms with E-state index in [2.05, 4.69) is 27.2 Å². The fourth-order valence-electron chi connectivity index (χ4n) is 6.21. The smallest absolute Gasteiger partial charge is 0.410 e. The zero-order valence-electron chi connectivity index (χ0n) is 23.8. The standard InChI is InChI=1S/C30H36N6O5/c1-30(2,3)41-29(40)36(22-9-7-21(8-10-22)33-34-31)23-15-19(16-23)5-4-18-6-11-24-20(14-18)17-35(28(24)39)25-12-13-26(37)32-27(25)38/h6,11,14,19,21-23,25H,7-10,12-13,15-17H2,1-3H3,(H,32,37,38)/t19-,21?,22?,23+,25?. The molecule has 1 unspecified atom stereocenters. The topological polar surface area (TPSA) is 145 Å². The van der Waals surface area contributed by atoms with E-state index in [1.165, 1.54) is 4.90 Å². The lowest BCUT2D eigenvalue weighted by molar-refractivity contribution is -0.136. The van der Waals surface area contributed by atoms with Gasteiger partial charge in [-0.25, -0.2) is 4.79 Å². The zero-order chi connectivity index (χ0) is 29.3. The number of rotatable bonds is 4. The molecule has 2 heterocycles. The molecule has 1 atom stereocenters. The highest BCUT2D eigenvalue weighted by Crippen LogP contribution is 2.37. The summed E-state index contributed by atoms with van der Waals surface area (Å²) in [5, 5.41) is 6.19. The molecule has 3 fully saturated rings. The molecule has 1 N–H and O–H groups in total. The highest BCUT2D eigenvalue weighted by molar-refractivity contribution is 6.05. The van der Waals surface area contributed by atoms with Gasteiger partial charge in [0, 0.05) is 53.0 Å². The van der Waals surface area contributed by atoms with Gasteiger partial charge in [0.25, 0.3) is 5.91 Å². The molecule has 1 aromatic carbocycles. The number of fused-ring (bicyclic) bond motifs is 1. The molecule has 11 heteroatoms. The average molecular weight is 561 g/mol. The third-order valence-electron chi connectivity index (χ3n) is 8.33. The minimum Gasteiger partial charge on any atom is -0.444 e. The van der Waals surface area contributed by atoms with Gasteiger partial charge >= 0.3 is 6.09 Å². The van der Waals surface area contributed by atoms with Gasteiger partial charge in [0.2, 0.25) is 11.8 Å². The van der Waals surface area contributed by atoms with Crippen LogP contribution in [0.5, 0.6) is 0 Å². The molecule has 11 nitrogen and oxygen atoms in total. The van der Waals surface area contributed by atoms with Crippen molar-refractivity contribution in [2.24, 2.45) is 11.0 Å². The van der Waals surface area contributed by atoms with E-state index in [4.69, 9.17) is 10.3 Å². The minimum absolute atomic E-state index is 0.0181. The number of amides is 4. The van der Waals surface area contributed by atoms with Crippen LogP contribution in [0.3, 0.4) is 0 Å². The van der Waals surface area contributed by atoms with Crippen LogP contribution in [0.15, 0.2) is 23.3 Å². The monoisotopic (exact) mass is 560 g/mol. The van der Waals surface area contributed by atoms with Gasteiger partial charge in [-0.1, -0.05) is 17.0 Å².